The second-order valence-electron chi connectivity index (χ2n) is 5.26. The fourth-order valence-corrected chi connectivity index (χ4v) is 1.90. The van der Waals surface area contributed by atoms with Crippen LogP contribution in [0.1, 0.15) is 13.8 Å². The van der Waals surface area contributed by atoms with E-state index in [4.69, 9.17) is 5.73 Å². The van der Waals surface area contributed by atoms with E-state index in [1.165, 1.54) is 0 Å². The van der Waals surface area contributed by atoms with Crippen LogP contribution in [0.2, 0.25) is 0 Å². The van der Waals surface area contributed by atoms with Crippen LogP contribution in [0.15, 0.2) is 0 Å². The minimum Gasteiger partial charge on any atom is -0.338 e. The molecule has 0 radical (unpaired) electrons. The van der Waals surface area contributed by atoms with Crippen LogP contribution in [0.25, 0.3) is 0 Å². The van der Waals surface area contributed by atoms with Gasteiger partial charge in [0.2, 0.25) is 5.91 Å². The molecule has 6 nitrogen and oxygen atoms in total. The van der Waals surface area contributed by atoms with Crippen molar-refractivity contribution in [2.45, 2.75) is 19.9 Å². The van der Waals surface area contributed by atoms with Crippen LogP contribution in [0, 0.1) is 5.92 Å². The molecule has 0 spiro atoms. The third-order valence-corrected chi connectivity index (χ3v) is 3.25. The highest BCUT2D eigenvalue weighted by Gasteiger charge is 2.28. The number of amides is 3. The van der Waals surface area contributed by atoms with Crippen LogP contribution in [0.3, 0.4) is 0 Å². The van der Waals surface area contributed by atoms with E-state index in [9.17, 15) is 9.59 Å². The van der Waals surface area contributed by atoms with Crippen LogP contribution in [-0.2, 0) is 4.79 Å². The lowest BCUT2D eigenvalue weighted by molar-refractivity contribution is -0.135. The molecule has 0 aromatic rings. The Morgan fingerprint density at radius 1 is 1.06 bits per heavy atom. The first-order valence-electron chi connectivity index (χ1n) is 6.35. The molecule has 2 N–H and O–H groups in total. The zero-order chi connectivity index (χ0) is 13.9. The van der Waals surface area contributed by atoms with E-state index >= 15 is 0 Å². The van der Waals surface area contributed by atoms with Gasteiger partial charge >= 0.3 is 6.03 Å². The summed E-state index contributed by atoms with van der Waals surface area (Å²) in [6.07, 6.45) is 0. The molecule has 1 aliphatic rings. The summed E-state index contributed by atoms with van der Waals surface area (Å²) in [5.41, 5.74) is 5.85. The van der Waals surface area contributed by atoms with Gasteiger partial charge in [0, 0.05) is 40.3 Å². The quantitative estimate of drug-likeness (QED) is 0.743. The molecular formula is C12H24N4O2. The predicted octanol–water partition coefficient (Wildman–Crippen LogP) is -0.204. The maximum atomic E-state index is 12.0. The zero-order valence-corrected chi connectivity index (χ0v) is 11.7. The van der Waals surface area contributed by atoms with E-state index in [1.807, 2.05) is 13.8 Å². The molecule has 1 atom stereocenters. The van der Waals surface area contributed by atoms with Crippen LogP contribution < -0.4 is 5.73 Å². The molecule has 0 aliphatic carbocycles. The van der Waals surface area contributed by atoms with Crippen LogP contribution in [0.4, 0.5) is 4.79 Å². The Morgan fingerprint density at radius 2 is 1.50 bits per heavy atom. The average molecular weight is 256 g/mol. The van der Waals surface area contributed by atoms with E-state index in [1.54, 1.807) is 28.8 Å². The number of hydrogen-bond donors (Lipinski definition) is 1. The van der Waals surface area contributed by atoms with Gasteiger partial charge in [-0.2, -0.15) is 0 Å². The summed E-state index contributed by atoms with van der Waals surface area (Å²) in [5, 5.41) is 0. The van der Waals surface area contributed by atoms with Crippen LogP contribution >= 0.6 is 0 Å². The van der Waals surface area contributed by atoms with E-state index in [-0.39, 0.29) is 17.9 Å². The summed E-state index contributed by atoms with van der Waals surface area (Å²) >= 11 is 0. The zero-order valence-electron chi connectivity index (χ0n) is 11.7. The minimum atomic E-state index is -0.443. The maximum absolute atomic E-state index is 12.0. The van der Waals surface area contributed by atoms with Gasteiger partial charge in [-0.05, 0) is 5.92 Å². The lowest BCUT2D eigenvalue weighted by Crippen LogP contribution is -2.56. The molecule has 0 aromatic heterocycles. The monoisotopic (exact) mass is 256 g/mol. The Morgan fingerprint density at radius 3 is 1.89 bits per heavy atom. The maximum Gasteiger partial charge on any atom is 0.319 e. The largest absolute Gasteiger partial charge is 0.338 e. The lowest BCUT2D eigenvalue weighted by Gasteiger charge is -2.37. The number of hydrogen-bond acceptors (Lipinski definition) is 3. The van der Waals surface area contributed by atoms with Gasteiger partial charge in [-0.25, -0.2) is 4.79 Å². The molecule has 1 rings (SSSR count). The molecule has 18 heavy (non-hydrogen) atoms. The molecule has 1 fully saturated rings. The molecule has 1 unspecified atom stereocenters. The second-order valence-corrected chi connectivity index (χ2v) is 5.26. The van der Waals surface area contributed by atoms with Crippen molar-refractivity contribution in [1.82, 2.24) is 14.7 Å². The Kier molecular flexibility index (Phi) is 4.95. The van der Waals surface area contributed by atoms with E-state index < -0.39 is 6.04 Å². The molecule has 6 heteroatoms. The first kappa shape index (κ1) is 14.8. The number of nitrogens with zero attached hydrogens (tertiary/aromatic N) is 3. The summed E-state index contributed by atoms with van der Waals surface area (Å²) in [4.78, 5) is 28.8. The van der Waals surface area contributed by atoms with Crippen LogP contribution in [0.5, 0.6) is 0 Å². The molecule has 0 saturated carbocycles. The number of carbonyl (C=O) groups is 2. The van der Waals surface area contributed by atoms with E-state index in [0.717, 1.165) is 0 Å². The van der Waals surface area contributed by atoms with Gasteiger partial charge in [0.25, 0.3) is 0 Å². The number of carbonyl (C=O) groups excluding carboxylic acids is 2. The standard InChI is InChI=1S/C12H24N4O2/c1-9(2)10(13)11(17)15-5-7-16(8-6-15)12(18)14(3)4/h9-10H,5-8,13H2,1-4H3. The van der Waals surface area contributed by atoms with E-state index in [0.29, 0.717) is 26.2 Å². The van der Waals surface area contributed by atoms with Crippen molar-refractivity contribution < 1.29 is 9.59 Å². The Labute approximate surface area is 109 Å². The number of nitrogens with two attached hydrogens (primary N) is 1. The second kappa shape index (κ2) is 6.04. The van der Waals surface area contributed by atoms with Gasteiger partial charge in [0.1, 0.15) is 0 Å². The lowest BCUT2D eigenvalue weighted by atomic mass is 10.0. The fraction of sp³-hybridized carbons (Fsp3) is 0.833. The summed E-state index contributed by atoms with van der Waals surface area (Å²) in [6, 6.07) is -0.448. The SMILES string of the molecule is CC(C)C(N)C(=O)N1CCN(C(=O)N(C)C)CC1. The van der Waals surface area contributed by atoms with Crippen molar-refractivity contribution in [3.63, 3.8) is 0 Å². The van der Waals surface area contributed by atoms with Crippen molar-refractivity contribution >= 4 is 11.9 Å². The number of urea groups is 1. The Balaban J connectivity index is 2.49. The highest BCUT2D eigenvalue weighted by atomic mass is 16.2. The molecule has 0 bridgehead atoms. The third kappa shape index (κ3) is 3.35. The van der Waals surface area contributed by atoms with Crippen molar-refractivity contribution in [2.75, 3.05) is 40.3 Å². The van der Waals surface area contributed by atoms with Gasteiger partial charge in [-0.15, -0.1) is 0 Å². The van der Waals surface area contributed by atoms with Gasteiger partial charge in [0.05, 0.1) is 6.04 Å². The van der Waals surface area contributed by atoms with Crippen molar-refractivity contribution in [3.8, 4) is 0 Å². The van der Waals surface area contributed by atoms with Crippen LogP contribution in [-0.4, -0.2) is 73.0 Å². The molecular weight excluding hydrogens is 232 g/mol. The van der Waals surface area contributed by atoms with Gasteiger partial charge < -0.3 is 20.4 Å². The third-order valence-electron chi connectivity index (χ3n) is 3.25. The van der Waals surface area contributed by atoms with Crippen molar-refractivity contribution in [2.24, 2.45) is 11.7 Å². The first-order valence-corrected chi connectivity index (χ1v) is 6.35. The summed E-state index contributed by atoms with van der Waals surface area (Å²) < 4.78 is 0. The van der Waals surface area contributed by atoms with Gasteiger partial charge in [0.15, 0.2) is 0 Å². The predicted molar refractivity (Wildman–Crippen MR) is 70.0 cm³/mol. The Hall–Kier alpha value is -1.30. The molecule has 3 amide bonds. The summed E-state index contributed by atoms with van der Waals surface area (Å²) in [6.45, 7) is 6.17. The Bertz CT molecular complexity index is 309. The fourth-order valence-electron chi connectivity index (χ4n) is 1.90. The molecule has 1 heterocycles. The van der Waals surface area contributed by atoms with Crippen molar-refractivity contribution in [1.29, 1.82) is 0 Å². The molecule has 1 aliphatic heterocycles. The number of rotatable bonds is 2. The smallest absolute Gasteiger partial charge is 0.319 e. The number of piperazine rings is 1. The molecule has 1 saturated heterocycles. The molecule has 104 valence electrons. The first-order chi connectivity index (χ1) is 8.34. The summed E-state index contributed by atoms with van der Waals surface area (Å²) in [5.74, 6) is 0.126. The van der Waals surface area contributed by atoms with Gasteiger partial charge in [-0.3, -0.25) is 4.79 Å². The minimum absolute atomic E-state index is 0.00439. The topological polar surface area (TPSA) is 69.9 Å². The summed E-state index contributed by atoms with van der Waals surface area (Å²) in [7, 11) is 3.46. The normalized spacial score (nSPS) is 17.9. The highest BCUT2D eigenvalue weighted by Crippen LogP contribution is 2.08. The average Bonchev–Trinajstić information content (AvgIpc) is 2.36. The highest BCUT2D eigenvalue weighted by molar-refractivity contribution is 5.82. The van der Waals surface area contributed by atoms with Gasteiger partial charge in [-0.1, -0.05) is 13.8 Å². The molecule has 0 aromatic carbocycles. The van der Waals surface area contributed by atoms with E-state index in [2.05, 4.69) is 0 Å². The van der Waals surface area contributed by atoms with Crippen molar-refractivity contribution in [3.05, 3.63) is 0 Å².